The predicted octanol–water partition coefficient (Wildman–Crippen LogP) is 1.61. The maximum atomic E-state index is 9.91. The Balaban J connectivity index is 2.56. The minimum absolute atomic E-state index is 0.0624. The van der Waals surface area contributed by atoms with Crippen LogP contribution in [0.3, 0.4) is 0 Å². The lowest BCUT2D eigenvalue weighted by molar-refractivity contribution is 0.0999. The molecule has 0 saturated carbocycles. The summed E-state index contributed by atoms with van der Waals surface area (Å²) in [6.45, 7) is 6.78. The summed E-state index contributed by atoms with van der Waals surface area (Å²) in [7, 11) is 0. The van der Waals surface area contributed by atoms with Gasteiger partial charge in [-0.25, -0.2) is 0 Å². The van der Waals surface area contributed by atoms with Gasteiger partial charge >= 0.3 is 0 Å². The fraction of sp³-hybridized carbons (Fsp3) is 0.588. The van der Waals surface area contributed by atoms with E-state index in [1.807, 2.05) is 26.8 Å². The second-order valence-electron chi connectivity index (χ2n) is 6.37. The van der Waals surface area contributed by atoms with Gasteiger partial charge in [0.25, 0.3) is 0 Å². The van der Waals surface area contributed by atoms with Gasteiger partial charge in [-0.1, -0.05) is 6.07 Å². The second-order valence-corrected chi connectivity index (χ2v) is 6.37. The highest BCUT2D eigenvalue weighted by atomic mass is 16.5. The van der Waals surface area contributed by atoms with Crippen LogP contribution in [-0.4, -0.2) is 41.6 Å². The van der Waals surface area contributed by atoms with E-state index in [-0.39, 0.29) is 18.8 Å². The number of nitriles is 1. The first kappa shape index (κ1) is 18.4. The first-order valence-electron chi connectivity index (χ1n) is 7.55. The minimum atomic E-state index is -0.639. The Kier molecular flexibility index (Phi) is 7.33. The number of hydrogen-bond acceptors (Lipinski definition) is 5. The molecule has 1 atom stereocenters. The quantitative estimate of drug-likeness (QED) is 0.679. The zero-order chi connectivity index (χ0) is 16.6. The Morgan fingerprint density at radius 1 is 1.36 bits per heavy atom. The van der Waals surface area contributed by atoms with Crippen LogP contribution in [0.15, 0.2) is 18.2 Å². The third kappa shape index (κ3) is 6.90. The Bertz CT molecular complexity index is 504. The molecule has 5 heteroatoms. The molecule has 3 N–H and O–H groups in total. The van der Waals surface area contributed by atoms with Crippen molar-refractivity contribution in [1.82, 2.24) is 5.32 Å². The molecule has 0 aromatic heterocycles. The van der Waals surface area contributed by atoms with Crippen molar-refractivity contribution in [3.63, 3.8) is 0 Å². The highest BCUT2D eigenvalue weighted by Gasteiger charge is 2.13. The third-order valence-corrected chi connectivity index (χ3v) is 3.09. The maximum Gasteiger partial charge on any atom is 0.137 e. The average Bonchev–Trinajstić information content (AvgIpc) is 2.48. The van der Waals surface area contributed by atoms with Crippen molar-refractivity contribution in [3.8, 4) is 11.8 Å². The van der Waals surface area contributed by atoms with Crippen LogP contribution in [-0.2, 0) is 6.42 Å². The average molecular weight is 306 g/mol. The number of aliphatic hydroxyl groups excluding tert-OH is 2. The fourth-order valence-electron chi connectivity index (χ4n) is 1.90. The summed E-state index contributed by atoms with van der Waals surface area (Å²) in [5.41, 5.74) is 1.38. The van der Waals surface area contributed by atoms with E-state index in [9.17, 15) is 10.4 Å². The SMILES string of the molecule is CC(C)(C)NC[C@H](O)COc1ccc(CCCO)cc1C#N. The van der Waals surface area contributed by atoms with Crippen LogP contribution in [0.1, 0.15) is 38.3 Å². The highest BCUT2D eigenvalue weighted by Crippen LogP contribution is 2.20. The topological polar surface area (TPSA) is 85.5 Å². The van der Waals surface area contributed by atoms with Crippen molar-refractivity contribution in [1.29, 1.82) is 5.26 Å². The zero-order valence-corrected chi connectivity index (χ0v) is 13.6. The molecular formula is C17H26N2O3. The van der Waals surface area contributed by atoms with Crippen molar-refractivity contribution >= 4 is 0 Å². The summed E-state index contributed by atoms with van der Waals surface area (Å²) in [5, 5.41) is 31.1. The lowest BCUT2D eigenvalue weighted by Crippen LogP contribution is -2.42. The number of benzene rings is 1. The number of β-amino-alcohol motifs (C(OH)–C–C–N with tert-alkyl or cyclic N) is 1. The number of aryl methyl sites for hydroxylation is 1. The van der Waals surface area contributed by atoms with Crippen molar-refractivity contribution in [2.45, 2.75) is 45.3 Å². The van der Waals surface area contributed by atoms with E-state index in [1.54, 1.807) is 12.1 Å². The number of aliphatic hydroxyl groups is 2. The third-order valence-electron chi connectivity index (χ3n) is 3.09. The van der Waals surface area contributed by atoms with Gasteiger partial charge in [-0.15, -0.1) is 0 Å². The molecule has 1 aromatic rings. The Hall–Kier alpha value is -1.61. The molecule has 5 nitrogen and oxygen atoms in total. The van der Waals surface area contributed by atoms with E-state index < -0.39 is 6.10 Å². The summed E-state index contributed by atoms with van der Waals surface area (Å²) in [6, 6.07) is 7.50. The molecule has 0 amide bonds. The second kappa shape index (κ2) is 8.74. The molecule has 0 unspecified atom stereocenters. The van der Waals surface area contributed by atoms with Crippen LogP contribution in [0.25, 0.3) is 0 Å². The summed E-state index contributed by atoms with van der Waals surface area (Å²) < 4.78 is 5.55. The number of hydrogen-bond donors (Lipinski definition) is 3. The van der Waals surface area contributed by atoms with Gasteiger partial charge in [0.2, 0.25) is 0 Å². The molecule has 1 aromatic carbocycles. The molecule has 0 radical (unpaired) electrons. The predicted molar refractivity (Wildman–Crippen MR) is 85.8 cm³/mol. The van der Waals surface area contributed by atoms with Crippen LogP contribution < -0.4 is 10.1 Å². The fourth-order valence-corrected chi connectivity index (χ4v) is 1.90. The van der Waals surface area contributed by atoms with Crippen LogP contribution in [0.2, 0.25) is 0 Å². The summed E-state index contributed by atoms with van der Waals surface area (Å²) in [6.07, 6.45) is 0.756. The first-order chi connectivity index (χ1) is 10.4. The van der Waals surface area contributed by atoms with E-state index in [2.05, 4.69) is 11.4 Å². The van der Waals surface area contributed by atoms with Gasteiger partial charge in [0.05, 0.1) is 5.56 Å². The smallest absolute Gasteiger partial charge is 0.137 e. The van der Waals surface area contributed by atoms with Gasteiger partial charge in [-0.3, -0.25) is 0 Å². The van der Waals surface area contributed by atoms with Crippen LogP contribution in [0.4, 0.5) is 0 Å². The Labute approximate surface area is 132 Å². The molecule has 22 heavy (non-hydrogen) atoms. The molecule has 0 fully saturated rings. The van der Waals surface area contributed by atoms with Crippen LogP contribution in [0, 0.1) is 11.3 Å². The molecule has 122 valence electrons. The summed E-state index contributed by atoms with van der Waals surface area (Å²) in [5.74, 6) is 0.477. The highest BCUT2D eigenvalue weighted by molar-refractivity contribution is 5.45. The van der Waals surface area contributed by atoms with Gasteiger partial charge in [-0.2, -0.15) is 5.26 Å². The molecule has 0 saturated heterocycles. The van der Waals surface area contributed by atoms with Crippen molar-refractivity contribution in [3.05, 3.63) is 29.3 Å². The molecular weight excluding hydrogens is 280 g/mol. The van der Waals surface area contributed by atoms with Gasteiger partial charge in [-0.05, 0) is 51.3 Å². The van der Waals surface area contributed by atoms with Crippen LogP contribution >= 0.6 is 0 Å². The van der Waals surface area contributed by atoms with Crippen molar-refractivity contribution in [2.24, 2.45) is 0 Å². The van der Waals surface area contributed by atoms with Gasteiger partial charge < -0.3 is 20.3 Å². The standard InChI is InChI=1S/C17H26N2O3/c1-17(2,3)19-11-15(21)12-22-16-7-6-13(5-4-8-20)9-14(16)10-18/h6-7,9,15,19-21H,4-5,8,11-12H2,1-3H3/t15-/m0/s1. The number of nitrogens with zero attached hydrogens (tertiary/aromatic N) is 1. The lowest BCUT2D eigenvalue weighted by atomic mass is 10.1. The van der Waals surface area contributed by atoms with Crippen LogP contribution in [0.5, 0.6) is 5.75 Å². The first-order valence-corrected chi connectivity index (χ1v) is 7.55. The van der Waals surface area contributed by atoms with E-state index >= 15 is 0 Å². The monoisotopic (exact) mass is 306 g/mol. The van der Waals surface area contributed by atoms with Gasteiger partial charge in [0, 0.05) is 18.7 Å². The maximum absolute atomic E-state index is 9.91. The molecule has 0 heterocycles. The van der Waals surface area contributed by atoms with Gasteiger partial charge in [0.1, 0.15) is 24.5 Å². The molecule has 0 aliphatic carbocycles. The van der Waals surface area contributed by atoms with Gasteiger partial charge in [0.15, 0.2) is 0 Å². The largest absolute Gasteiger partial charge is 0.489 e. The lowest BCUT2D eigenvalue weighted by Gasteiger charge is -2.23. The molecule has 0 aliphatic heterocycles. The normalized spacial score (nSPS) is 12.7. The van der Waals surface area contributed by atoms with E-state index in [4.69, 9.17) is 9.84 Å². The Morgan fingerprint density at radius 3 is 2.68 bits per heavy atom. The summed E-state index contributed by atoms with van der Waals surface area (Å²) >= 11 is 0. The number of rotatable bonds is 8. The van der Waals surface area contributed by atoms with E-state index in [0.717, 1.165) is 12.0 Å². The summed E-state index contributed by atoms with van der Waals surface area (Å²) in [4.78, 5) is 0. The molecule has 0 bridgehead atoms. The molecule has 0 aliphatic rings. The van der Waals surface area contributed by atoms with Crippen molar-refractivity contribution in [2.75, 3.05) is 19.8 Å². The Morgan fingerprint density at radius 2 is 2.09 bits per heavy atom. The van der Waals surface area contributed by atoms with Crippen molar-refractivity contribution < 1.29 is 14.9 Å². The minimum Gasteiger partial charge on any atom is -0.489 e. The number of nitrogens with one attached hydrogen (secondary N) is 1. The zero-order valence-electron chi connectivity index (χ0n) is 13.6. The number of ether oxygens (including phenoxy) is 1. The molecule has 0 spiro atoms. The van der Waals surface area contributed by atoms with E-state index in [1.165, 1.54) is 0 Å². The molecule has 1 rings (SSSR count). The van der Waals surface area contributed by atoms with E-state index in [0.29, 0.717) is 24.3 Å².